The van der Waals surface area contributed by atoms with Gasteiger partial charge in [-0.1, -0.05) is 48.5 Å². The van der Waals surface area contributed by atoms with Crippen molar-refractivity contribution >= 4 is 25.3 Å². The monoisotopic (exact) mass is 315 g/mol. The summed E-state index contributed by atoms with van der Waals surface area (Å²) in [6.07, 6.45) is 0.876. The van der Waals surface area contributed by atoms with Crippen LogP contribution in [0.15, 0.2) is 72.8 Å². The van der Waals surface area contributed by atoms with Crippen molar-refractivity contribution < 1.29 is 4.74 Å². The van der Waals surface area contributed by atoms with Crippen molar-refractivity contribution in [2.24, 2.45) is 0 Å². The van der Waals surface area contributed by atoms with E-state index >= 15 is 0 Å². The maximum atomic E-state index is 7.07. The van der Waals surface area contributed by atoms with E-state index in [4.69, 9.17) is 12.3 Å². The molecule has 0 saturated heterocycles. The quantitative estimate of drug-likeness (QED) is 0.514. The Bertz CT molecular complexity index is 863. The summed E-state index contributed by atoms with van der Waals surface area (Å²) in [5, 5.41) is 2.52. The van der Waals surface area contributed by atoms with Crippen LogP contribution in [-0.4, -0.2) is 14.7 Å². The molecule has 4 rings (SSSR count). The summed E-state index contributed by atoms with van der Waals surface area (Å²) in [5.41, 5.74) is 3.69. The normalized spacial score (nSPS) is 18.9. The molecule has 1 nitrogen and oxygen atoms in total. The molecule has 3 aromatic rings. The van der Waals surface area contributed by atoms with Crippen LogP contribution in [0, 0.1) is 0 Å². The van der Waals surface area contributed by atoms with Crippen molar-refractivity contribution in [3.05, 3.63) is 78.4 Å². The summed E-state index contributed by atoms with van der Waals surface area (Å²) in [5.74, 6) is 0.925. The minimum atomic E-state index is -1.92. The molecule has 0 fully saturated rings. The Morgan fingerprint density at radius 1 is 0.870 bits per heavy atom. The Hall–Kier alpha value is -2.05. The molecule has 3 aromatic carbocycles. The molecule has 1 atom stereocenters. The fourth-order valence-corrected chi connectivity index (χ4v) is 6.60. The standard InChI is InChI=1S/C20H17BOP/c1-22-18-12-7-8-15-14-23(21,16-9-3-2-4-10-16)19-13-6-5-11-17(19)20(15)18/h2-13H,14H2,1H3. The predicted octanol–water partition coefficient (Wildman–Crippen LogP) is 3.93. The van der Waals surface area contributed by atoms with Crippen LogP contribution in [0.25, 0.3) is 11.1 Å². The number of rotatable bonds is 2. The highest BCUT2D eigenvalue weighted by atomic mass is 31.2. The van der Waals surface area contributed by atoms with Gasteiger partial charge in [0.05, 0.1) is 12.4 Å². The minimum Gasteiger partial charge on any atom is -0.496 e. The van der Waals surface area contributed by atoms with E-state index in [2.05, 4.69) is 60.7 Å². The van der Waals surface area contributed by atoms with Gasteiger partial charge in [0.1, 0.15) is 5.75 Å². The molecule has 1 unspecified atom stereocenters. The number of methoxy groups -OCH3 is 1. The van der Waals surface area contributed by atoms with E-state index in [1.807, 2.05) is 12.1 Å². The third-order valence-corrected chi connectivity index (χ3v) is 7.88. The highest BCUT2D eigenvalue weighted by molar-refractivity contribution is 8.08. The van der Waals surface area contributed by atoms with Crippen LogP contribution in [0.4, 0.5) is 0 Å². The second-order valence-corrected chi connectivity index (χ2v) is 8.93. The molecule has 111 valence electrons. The fraction of sp³-hybridized carbons (Fsp3) is 0.100. The zero-order valence-corrected chi connectivity index (χ0v) is 14.0. The van der Waals surface area contributed by atoms with Crippen molar-refractivity contribution in [2.75, 3.05) is 7.11 Å². The van der Waals surface area contributed by atoms with Gasteiger partial charge in [0.25, 0.3) is 0 Å². The van der Waals surface area contributed by atoms with Gasteiger partial charge in [0.15, 0.2) is 0 Å². The van der Waals surface area contributed by atoms with Gasteiger partial charge in [-0.05, 0) is 29.8 Å². The van der Waals surface area contributed by atoms with Crippen LogP contribution in [-0.2, 0) is 6.16 Å². The van der Waals surface area contributed by atoms with Crippen molar-refractivity contribution in [1.29, 1.82) is 0 Å². The largest absolute Gasteiger partial charge is 0.496 e. The summed E-state index contributed by atoms with van der Waals surface area (Å²) in [7, 11) is 6.88. The maximum Gasteiger partial charge on any atom is 0.127 e. The Labute approximate surface area is 139 Å². The van der Waals surface area contributed by atoms with Crippen molar-refractivity contribution in [2.45, 2.75) is 6.16 Å². The van der Waals surface area contributed by atoms with E-state index in [1.165, 1.54) is 27.3 Å². The lowest BCUT2D eigenvalue weighted by Gasteiger charge is -2.42. The molecule has 23 heavy (non-hydrogen) atoms. The van der Waals surface area contributed by atoms with Gasteiger partial charge in [0.2, 0.25) is 0 Å². The zero-order valence-electron chi connectivity index (χ0n) is 13.1. The SMILES string of the molecule is [B-][P+]1(c2ccccc2)Cc2cccc(OC)c2-c2ccccc21. The highest BCUT2D eigenvalue weighted by Crippen LogP contribution is 2.61. The van der Waals surface area contributed by atoms with Gasteiger partial charge in [-0.15, -0.1) is 0 Å². The van der Waals surface area contributed by atoms with Crippen LogP contribution < -0.4 is 15.3 Å². The lowest BCUT2D eigenvalue weighted by Crippen LogP contribution is -2.28. The first-order valence-electron chi connectivity index (χ1n) is 7.72. The highest BCUT2D eigenvalue weighted by Gasteiger charge is 2.34. The van der Waals surface area contributed by atoms with Gasteiger partial charge in [-0.25, -0.2) is 0 Å². The van der Waals surface area contributed by atoms with Gasteiger partial charge in [-0.3, -0.25) is 7.57 Å². The summed E-state index contributed by atoms with van der Waals surface area (Å²) >= 11 is 0. The second-order valence-electron chi connectivity index (χ2n) is 5.87. The molecule has 1 aliphatic rings. The summed E-state index contributed by atoms with van der Waals surface area (Å²) < 4.78 is 5.61. The Morgan fingerprint density at radius 2 is 1.61 bits per heavy atom. The van der Waals surface area contributed by atoms with Gasteiger partial charge in [-0.2, -0.15) is 7.14 Å². The number of benzene rings is 3. The van der Waals surface area contributed by atoms with E-state index in [0.717, 1.165) is 11.9 Å². The average Bonchev–Trinajstić information content (AvgIpc) is 2.62. The number of ether oxygens (including phenoxy) is 1. The van der Waals surface area contributed by atoms with Crippen molar-refractivity contribution in [1.82, 2.24) is 0 Å². The van der Waals surface area contributed by atoms with E-state index in [-0.39, 0.29) is 0 Å². The third-order valence-electron chi connectivity index (χ3n) is 4.57. The number of fused-ring (bicyclic) bond motifs is 3. The topological polar surface area (TPSA) is 9.23 Å². The fourth-order valence-electron chi connectivity index (χ4n) is 3.50. The Kier molecular flexibility index (Phi) is 3.51. The van der Waals surface area contributed by atoms with Crippen LogP contribution in [0.3, 0.4) is 0 Å². The summed E-state index contributed by atoms with van der Waals surface area (Å²) in [4.78, 5) is 0. The second kappa shape index (κ2) is 5.55. The molecule has 0 N–H and O–H groups in total. The summed E-state index contributed by atoms with van der Waals surface area (Å²) in [6, 6.07) is 25.3. The molecular weight excluding hydrogens is 298 g/mol. The number of hydrogen-bond acceptors (Lipinski definition) is 1. The molecule has 0 amide bonds. The van der Waals surface area contributed by atoms with E-state index < -0.39 is 7.14 Å². The smallest absolute Gasteiger partial charge is 0.127 e. The van der Waals surface area contributed by atoms with E-state index in [9.17, 15) is 0 Å². The molecule has 0 bridgehead atoms. The molecule has 0 saturated carbocycles. The first kappa shape index (κ1) is 14.5. The average molecular weight is 315 g/mol. The van der Waals surface area contributed by atoms with Crippen molar-refractivity contribution in [3.63, 3.8) is 0 Å². The van der Waals surface area contributed by atoms with Crippen LogP contribution in [0.2, 0.25) is 0 Å². The summed E-state index contributed by atoms with van der Waals surface area (Å²) in [6.45, 7) is 0. The van der Waals surface area contributed by atoms with Crippen LogP contribution >= 0.6 is 7.14 Å². The predicted molar refractivity (Wildman–Crippen MR) is 101 cm³/mol. The molecule has 1 aliphatic heterocycles. The lowest BCUT2D eigenvalue weighted by atomic mass is 9.99. The van der Waals surface area contributed by atoms with Crippen molar-refractivity contribution in [3.8, 4) is 16.9 Å². The zero-order chi connectivity index (χ0) is 15.9. The van der Waals surface area contributed by atoms with E-state index in [0.29, 0.717) is 0 Å². The molecule has 0 aromatic heterocycles. The van der Waals surface area contributed by atoms with Gasteiger partial charge >= 0.3 is 0 Å². The Balaban J connectivity index is 2.01. The van der Waals surface area contributed by atoms with Gasteiger partial charge in [0, 0.05) is 22.6 Å². The third kappa shape index (κ3) is 2.21. The first-order chi connectivity index (χ1) is 11.2. The minimum absolute atomic E-state index is 0.876. The van der Waals surface area contributed by atoms with Gasteiger partial charge < -0.3 is 4.74 Å². The molecule has 0 aliphatic carbocycles. The molecular formula is C20H17BOP. The van der Waals surface area contributed by atoms with Crippen LogP contribution in [0.5, 0.6) is 5.75 Å². The first-order valence-corrected chi connectivity index (χ1v) is 9.76. The molecule has 3 radical (unpaired) electrons. The lowest BCUT2D eigenvalue weighted by molar-refractivity contribution is 0.416. The van der Waals surface area contributed by atoms with E-state index in [1.54, 1.807) is 7.11 Å². The maximum absolute atomic E-state index is 7.07. The molecule has 3 heteroatoms. The molecule has 1 heterocycles. The number of hydrogen-bond donors (Lipinski definition) is 0. The Morgan fingerprint density at radius 3 is 2.39 bits per heavy atom. The van der Waals surface area contributed by atoms with Crippen LogP contribution in [0.1, 0.15) is 5.56 Å². The molecule has 0 spiro atoms.